The van der Waals surface area contributed by atoms with E-state index >= 15 is 0 Å². The van der Waals surface area contributed by atoms with Crippen molar-refractivity contribution in [3.63, 3.8) is 0 Å². The van der Waals surface area contributed by atoms with Gasteiger partial charge in [0.25, 0.3) is 5.91 Å². The molecule has 1 unspecified atom stereocenters. The molecular weight excluding hydrogens is 260 g/mol. The minimum Gasteiger partial charge on any atom is -0.309 e. The third-order valence-electron chi connectivity index (χ3n) is 2.59. The molecule has 0 fully saturated rings. The van der Waals surface area contributed by atoms with Crippen LogP contribution in [0.2, 0.25) is 0 Å². The normalized spacial score (nSPS) is 12.1. The van der Waals surface area contributed by atoms with Crippen LogP contribution in [0.3, 0.4) is 0 Å². The van der Waals surface area contributed by atoms with Gasteiger partial charge < -0.3 is 5.32 Å². The van der Waals surface area contributed by atoms with E-state index < -0.39 is 0 Å². The number of pyridine rings is 1. The zero-order valence-corrected chi connectivity index (χ0v) is 11.7. The third-order valence-corrected chi connectivity index (χ3v) is 3.37. The van der Waals surface area contributed by atoms with Crippen LogP contribution in [0.4, 0.5) is 5.13 Å². The van der Waals surface area contributed by atoms with Crippen molar-refractivity contribution in [2.45, 2.75) is 19.9 Å². The predicted octanol–water partition coefficient (Wildman–Crippen LogP) is 2.46. The summed E-state index contributed by atoms with van der Waals surface area (Å²) in [7, 11) is 0. The predicted molar refractivity (Wildman–Crippen MR) is 76.4 cm³/mol. The molecule has 0 spiro atoms. The molecule has 6 heteroatoms. The molecular formula is C13H16N4OS. The van der Waals surface area contributed by atoms with Gasteiger partial charge in [-0.2, -0.15) is 0 Å². The lowest BCUT2D eigenvalue weighted by molar-refractivity contribution is 0.102. The first kappa shape index (κ1) is 13.6. The van der Waals surface area contributed by atoms with Crippen LogP contribution in [0.1, 0.15) is 36.1 Å². The maximum atomic E-state index is 11.9. The first-order valence-corrected chi connectivity index (χ1v) is 7.00. The van der Waals surface area contributed by atoms with Crippen molar-refractivity contribution in [1.82, 2.24) is 15.3 Å². The number of anilines is 1. The van der Waals surface area contributed by atoms with E-state index in [9.17, 15) is 4.79 Å². The quantitative estimate of drug-likeness (QED) is 0.880. The first-order chi connectivity index (χ1) is 9.20. The number of hydrogen-bond donors (Lipinski definition) is 2. The van der Waals surface area contributed by atoms with Crippen molar-refractivity contribution < 1.29 is 4.79 Å². The van der Waals surface area contributed by atoms with E-state index in [1.807, 2.05) is 19.2 Å². The number of rotatable bonds is 5. The van der Waals surface area contributed by atoms with Crippen LogP contribution in [0.15, 0.2) is 29.8 Å². The Kier molecular flexibility index (Phi) is 4.59. The summed E-state index contributed by atoms with van der Waals surface area (Å²) in [4.78, 5) is 20.3. The lowest BCUT2D eigenvalue weighted by Gasteiger charge is -2.08. The molecule has 5 nitrogen and oxygen atoms in total. The zero-order valence-electron chi connectivity index (χ0n) is 10.9. The van der Waals surface area contributed by atoms with E-state index in [1.165, 1.54) is 11.3 Å². The highest BCUT2D eigenvalue weighted by Crippen LogP contribution is 2.20. The summed E-state index contributed by atoms with van der Waals surface area (Å²) in [5.74, 6) is -0.238. The molecule has 0 saturated heterocycles. The maximum Gasteiger partial charge on any atom is 0.276 e. The second kappa shape index (κ2) is 6.40. The summed E-state index contributed by atoms with van der Waals surface area (Å²) in [5, 5.41) is 8.57. The molecule has 0 bridgehead atoms. The van der Waals surface area contributed by atoms with Gasteiger partial charge in [0, 0.05) is 17.6 Å². The highest BCUT2D eigenvalue weighted by Gasteiger charge is 2.12. The molecule has 2 N–H and O–H groups in total. The van der Waals surface area contributed by atoms with Crippen LogP contribution in [-0.4, -0.2) is 22.4 Å². The van der Waals surface area contributed by atoms with Crippen molar-refractivity contribution in [3.8, 4) is 0 Å². The minimum atomic E-state index is -0.238. The Bertz CT molecular complexity index is 541. The smallest absolute Gasteiger partial charge is 0.276 e. The van der Waals surface area contributed by atoms with Gasteiger partial charge in [-0.15, -0.1) is 11.3 Å². The van der Waals surface area contributed by atoms with Crippen molar-refractivity contribution in [2.75, 3.05) is 11.9 Å². The Labute approximate surface area is 116 Å². The summed E-state index contributed by atoms with van der Waals surface area (Å²) in [6.07, 6.45) is 1.59. The molecule has 0 aliphatic carbocycles. The van der Waals surface area contributed by atoms with Gasteiger partial charge in [-0.05, 0) is 25.6 Å². The van der Waals surface area contributed by atoms with E-state index in [2.05, 4.69) is 20.6 Å². The fraction of sp³-hybridized carbons (Fsp3) is 0.308. The van der Waals surface area contributed by atoms with E-state index in [0.717, 1.165) is 12.2 Å². The van der Waals surface area contributed by atoms with Gasteiger partial charge in [-0.3, -0.25) is 15.1 Å². The molecule has 0 aliphatic rings. The fourth-order valence-corrected chi connectivity index (χ4v) is 2.41. The minimum absolute atomic E-state index is 0.182. The lowest BCUT2D eigenvalue weighted by Crippen LogP contribution is -2.18. The molecule has 2 rings (SSSR count). The Balaban J connectivity index is 2.02. The summed E-state index contributed by atoms with van der Waals surface area (Å²) in [6, 6.07) is 5.41. The number of hydrogen-bond acceptors (Lipinski definition) is 5. The summed E-state index contributed by atoms with van der Waals surface area (Å²) in [6.45, 7) is 4.98. The molecule has 1 amide bonds. The van der Waals surface area contributed by atoms with Gasteiger partial charge in [-0.25, -0.2) is 4.98 Å². The van der Waals surface area contributed by atoms with E-state index in [0.29, 0.717) is 10.8 Å². The molecule has 2 heterocycles. The summed E-state index contributed by atoms with van der Waals surface area (Å²) in [5.41, 5.74) is 1.32. The van der Waals surface area contributed by atoms with Gasteiger partial charge in [0.05, 0.1) is 5.69 Å². The molecule has 100 valence electrons. The zero-order chi connectivity index (χ0) is 13.7. The number of carbonyl (C=O) groups is 1. The SMILES string of the molecule is CCNC(C)c1csc(NC(=O)c2ccccn2)n1. The number of aromatic nitrogens is 2. The van der Waals surface area contributed by atoms with Crippen LogP contribution in [0, 0.1) is 0 Å². The lowest BCUT2D eigenvalue weighted by atomic mass is 10.3. The molecule has 0 saturated carbocycles. The van der Waals surface area contributed by atoms with Crippen LogP contribution in [-0.2, 0) is 0 Å². The molecule has 2 aromatic heterocycles. The maximum absolute atomic E-state index is 11.9. The van der Waals surface area contributed by atoms with Gasteiger partial charge in [-0.1, -0.05) is 13.0 Å². The van der Waals surface area contributed by atoms with Crippen LogP contribution in [0.25, 0.3) is 0 Å². The highest BCUT2D eigenvalue weighted by atomic mass is 32.1. The monoisotopic (exact) mass is 276 g/mol. The average molecular weight is 276 g/mol. The standard InChI is InChI=1S/C13H16N4OS/c1-3-14-9(2)11-8-19-13(16-11)17-12(18)10-6-4-5-7-15-10/h4-9,14H,3H2,1-2H3,(H,16,17,18). The largest absolute Gasteiger partial charge is 0.309 e. The van der Waals surface area contributed by atoms with Crippen molar-refractivity contribution in [1.29, 1.82) is 0 Å². The molecule has 1 atom stereocenters. The number of amides is 1. The van der Waals surface area contributed by atoms with Crippen molar-refractivity contribution >= 4 is 22.4 Å². The van der Waals surface area contributed by atoms with Gasteiger partial charge in [0.15, 0.2) is 5.13 Å². The van der Waals surface area contributed by atoms with Gasteiger partial charge in [0.1, 0.15) is 5.69 Å². The molecule has 0 aliphatic heterocycles. The summed E-state index contributed by atoms with van der Waals surface area (Å²) < 4.78 is 0. The number of nitrogens with one attached hydrogen (secondary N) is 2. The van der Waals surface area contributed by atoms with E-state index in [-0.39, 0.29) is 11.9 Å². The van der Waals surface area contributed by atoms with Crippen molar-refractivity contribution in [2.24, 2.45) is 0 Å². The molecule has 0 aromatic carbocycles. The van der Waals surface area contributed by atoms with Gasteiger partial charge >= 0.3 is 0 Å². The van der Waals surface area contributed by atoms with Gasteiger partial charge in [0.2, 0.25) is 0 Å². The number of thiazole rings is 1. The number of nitrogens with zero attached hydrogens (tertiary/aromatic N) is 2. The Morgan fingerprint density at radius 3 is 3.00 bits per heavy atom. The van der Waals surface area contributed by atoms with E-state index in [1.54, 1.807) is 24.4 Å². The topological polar surface area (TPSA) is 66.9 Å². The average Bonchev–Trinajstić information content (AvgIpc) is 2.88. The second-order valence-electron chi connectivity index (χ2n) is 4.03. The second-order valence-corrected chi connectivity index (χ2v) is 4.88. The molecule has 0 radical (unpaired) electrons. The number of carbonyl (C=O) groups excluding carboxylic acids is 1. The third kappa shape index (κ3) is 3.59. The Morgan fingerprint density at radius 1 is 1.47 bits per heavy atom. The van der Waals surface area contributed by atoms with Crippen LogP contribution in [0.5, 0.6) is 0 Å². The Hall–Kier alpha value is -1.79. The fourth-order valence-electron chi connectivity index (χ4n) is 1.61. The van der Waals surface area contributed by atoms with E-state index in [4.69, 9.17) is 0 Å². The molecule has 19 heavy (non-hydrogen) atoms. The first-order valence-electron chi connectivity index (χ1n) is 6.12. The van der Waals surface area contributed by atoms with Crippen LogP contribution >= 0.6 is 11.3 Å². The highest BCUT2D eigenvalue weighted by molar-refractivity contribution is 7.14. The molecule has 2 aromatic rings. The van der Waals surface area contributed by atoms with Crippen molar-refractivity contribution in [3.05, 3.63) is 41.2 Å². The van der Waals surface area contributed by atoms with Crippen LogP contribution < -0.4 is 10.6 Å². The summed E-state index contributed by atoms with van der Waals surface area (Å²) >= 11 is 1.42. The Morgan fingerprint density at radius 2 is 2.32 bits per heavy atom.